The second kappa shape index (κ2) is 5.81. The fourth-order valence-electron chi connectivity index (χ4n) is 2.15. The lowest BCUT2D eigenvalue weighted by Gasteiger charge is -2.35. The lowest BCUT2D eigenvalue weighted by Crippen LogP contribution is -2.53. The number of nitrogens with zero attached hydrogens (tertiary/aromatic N) is 4. The van der Waals surface area contributed by atoms with Crippen molar-refractivity contribution in [1.29, 1.82) is 0 Å². The molecule has 9 heteroatoms. The molecular weight excluding hydrogens is 278 g/mol. The van der Waals surface area contributed by atoms with Crippen molar-refractivity contribution in [1.82, 2.24) is 24.7 Å². The first-order chi connectivity index (χ1) is 9.91. The zero-order chi connectivity index (χ0) is 15.6. The van der Waals surface area contributed by atoms with Crippen LogP contribution in [0.25, 0.3) is 0 Å². The number of H-pyrrole nitrogens is 1. The molecule has 0 unspecified atom stereocenters. The van der Waals surface area contributed by atoms with Gasteiger partial charge in [0.1, 0.15) is 0 Å². The van der Waals surface area contributed by atoms with Gasteiger partial charge in [-0.1, -0.05) is 0 Å². The van der Waals surface area contributed by atoms with Crippen LogP contribution in [0.4, 0.5) is 4.79 Å². The van der Waals surface area contributed by atoms with Crippen LogP contribution in [0, 0.1) is 0 Å². The summed E-state index contributed by atoms with van der Waals surface area (Å²) in [5, 5.41) is 8.98. The second-order valence-corrected chi connectivity index (χ2v) is 4.89. The summed E-state index contributed by atoms with van der Waals surface area (Å²) < 4.78 is 0. The zero-order valence-electron chi connectivity index (χ0n) is 11.9. The summed E-state index contributed by atoms with van der Waals surface area (Å²) in [4.78, 5) is 45.9. The molecule has 0 aliphatic carbocycles. The predicted molar refractivity (Wildman–Crippen MR) is 72.1 cm³/mol. The van der Waals surface area contributed by atoms with Gasteiger partial charge in [0.15, 0.2) is 11.4 Å². The van der Waals surface area contributed by atoms with E-state index in [1.165, 1.54) is 16.1 Å². The first-order valence-corrected chi connectivity index (χ1v) is 6.44. The van der Waals surface area contributed by atoms with Gasteiger partial charge in [-0.15, -0.1) is 0 Å². The van der Waals surface area contributed by atoms with Gasteiger partial charge >= 0.3 is 12.0 Å². The van der Waals surface area contributed by atoms with Gasteiger partial charge in [0.25, 0.3) is 5.91 Å². The SMILES string of the molecule is CN(C)C(=O)N1CCN(C(=O)c2nc[nH]c2C(=O)O)CC1. The summed E-state index contributed by atoms with van der Waals surface area (Å²) >= 11 is 0. The zero-order valence-corrected chi connectivity index (χ0v) is 11.9. The average molecular weight is 295 g/mol. The van der Waals surface area contributed by atoms with Gasteiger partial charge in [0.2, 0.25) is 0 Å². The topological polar surface area (TPSA) is 110 Å². The summed E-state index contributed by atoms with van der Waals surface area (Å²) in [6.45, 7) is 1.53. The van der Waals surface area contributed by atoms with E-state index in [2.05, 4.69) is 9.97 Å². The Morgan fingerprint density at radius 3 is 2.29 bits per heavy atom. The van der Waals surface area contributed by atoms with Crippen LogP contribution in [0.5, 0.6) is 0 Å². The molecule has 21 heavy (non-hydrogen) atoms. The number of imidazole rings is 1. The van der Waals surface area contributed by atoms with E-state index in [1.807, 2.05) is 0 Å². The number of aromatic nitrogens is 2. The van der Waals surface area contributed by atoms with Gasteiger partial charge in [-0.25, -0.2) is 14.6 Å². The minimum atomic E-state index is -1.22. The van der Waals surface area contributed by atoms with Crippen LogP contribution < -0.4 is 0 Å². The first-order valence-electron chi connectivity index (χ1n) is 6.44. The number of aromatic carboxylic acids is 1. The molecule has 2 heterocycles. The molecule has 0 saturated carbocycles. The van der Waals surface area contributed by atoms with Gasteiger partial charge in [-0.2, -0.15) is 0 Å². The van der Waals surface area contributed by atoms with Crippen molar-refractivity contribution in [3.63, 3.8) is 0 Å². The monoisotopic (exact) mass is 295 g/mol. The van der Waals surface area contributed by atoms with Gasteiger partial charge in [0, 0.05) is 40.3 Å². The highest BCUT2D eigenvalue weighted by molar-refractivity contribution is 6.02. The average Bonchev–Trinajstić information content (AvgIpc) is 2.95. The number of carboxylic acids is 1. The molecule has 3 amide bonds. The van der Waals surface area contributed by atoms with Crippen LogP contribution in [-0.4, -0.2) is 88.0 Å². The molecule has 114 valence electrons. The number of hydrogen-bond donors (Lipinski definition) is 2. The van der Waals surface area contributed by atoms with E-state index < -0.39 is 11.9 Å². The smallest absolute Gasteiger partial charge is 0.354 e. The van der Waals surface area contributed by atoms with E-state index in [1.54, 1.807) is 19.0 Å². The number of nitrogens with one attached hydrogen (secondary N) is 1. The third kappa shape index (κ3) is 2.96. The summed E-state index contributed by atoms with van der Waals surface area (Å²) in [7, 11) is 3.34. The molecule has 1 fully saturated rings. The van der Waals surface area contributed by atoms with E-state index in [0.29, 0.717) is 26.2 Å². The number of carboxylic acid groups (broad SMARTS) is 1. The normalized spacial score (nSPS) is 15.0. The Morgan fingerprint density at radius 2 is 1.76 bits per heavy atom. The molecule has 2 rings (SSSR count). The molecule has 1 aromatic heterocycles. The number of amides is 3. The predicted octanol–water partition coefficient (Wildman–Crippen LogP) is -0.453. The maximum absolute atomic E-state index is 12.3. The lowest BCUT2D eigenvalue weighted by atomic mass is 10.2. The van der Waals surface area contributed by atoms with Crippen molar-refractivity contribution >= 4 is 17.9 Å². The number of hydrogen-bond acceptors (Lipinski definition) is 4. The van der Waals surface area contributed by atoms with Crippen molar-refractivity contribution in [3.05, 3.63) is 17.7 Å². The van der Waals surface area contributed by atoms with Crippen molar-refractivity contribution in [2.45, 2.75) is 0 Å². The highest BCUT2D eigenvalue weighted by Gasteiger charge is 2.29. The molecule has 0 radical (unpaired) electrons. The molecule has 9 nitrogen and oxygen atoms in total. The Labute approximate surface area is 121 Å². The highest BCUT2D eigenvalue weighted by Crippen LogP contribution is 2.11. The molecule has 0 atom stereocenters. The van der Waals surface area contributed by atoms with Crippen molar-refractivity contribution in [2.24, 2.45) is 0 Å². The van der Waals surface area contributed by atoms with Crippen LogP contribution in [0.3, 0.4) is 0 Å². The van der Waals surface area contributed by atoms with Crippen molar-refractivity contribution in [3.8, 4) is 0 Å². The Morgan fingerprint density at radius 1 is 1.19 bits per heavy atom. The van der Waals surface area contributed by atoms with Gasteiger partial charge in [-0.3, -0.25) is 4.79 Å². The van der Waals surface area contributed by atoms with Gasteiger partial charge < -0.3 is 24.8 Å². The molecule has 0 aromatic carbocycles. The Balaban J connectivity index is 2.02. The third-order valence-electron chi connectivity index (χ3n) is 3.28. The van der Waals surface area contributed by atoms with Crippen LogP contribution in [-0.2, 0) is 0 Å². The number of urea groups is 1. The Hall–Kier alpha value is -2.58. The van der Waals surface area contributed by atoms with Crippen molar-refractivity contribution < 1.29 is 19.5 Å². The van der Waals surface area contributed by atoms with Crippen molar-refractivity contribution in [2.75, 3.05) is 40.3 Å². The minimum absolute atomic E-state index is 0.102. The summed E-state index contributed by atoms with van der Waals surface area (Å²) in [5.41, 5.74) is -0.318. The maximum atomic E-state index is 12.3. The second-order valence-electron chi connectivity index (χ2n) is 4.89. The Bertz CT molecular complexity index is 560. The number of rotatable bonds is 2. The maximum Gasteiger partial charge on any atom is 0.354 e. The Kier molecular flexibility index (Phi) is 4.10. The van der Waals surface area contributed by atoms with E-state index in [9.17, 15) is 14.4 Å². The third-order valence-corrected chi connectivity index (χ3v) is 3.28. The van der Waals surface area contributed by atoms with Gasteiger partial charge in [0.05, 0.1) is 6.33 Å². The molecular formula is C12H17N5O4. The van der Waals surface area contributed by atoms with E-state index >= 15 is 0 Å². The number of carbonyl (C=O) groups is 3. The summed E-state index contributed by atoms with van der Waals surface area (Å²) in [6, 6.07) is -0.104. The van der Waals surface area contributed by atoms with Crippen LogP contribution in [0.15, 0.2) is 6.33 Å². The van der Waals surface area contributed by atoms with Crippen LogP contribution >= 0.6 is 0 Å². The first kappa shape index (κ1) is 14.8. The van der Waals surface area contributed by atoms with Crippen LogP contribution in [0.2, 0.25) is 0 Å². The highest BCUT2D eigenvalue weighted by atomic mass is 16.4. The quantitative estimate of drug-likeness (QED) is 0.767. The largest absolute Gasteiger partial charge is 0.477 e. The number of carbonyl (C=O) groups excluding carboxylic acids is 2. The van der Waals surface area contributed by atoms with Gasteiger partial charge in [-0.05, 0) is 0 Å². The lowest BCUT2D eigenvalue weighted by molar-refractivity contribution is 0.0621. The number of aromatic amines is 1. The summed E-state index contributed by atoms with van der Waals surface area (Å²) in [6.07, 6.45) is 1.18. The van der Waals surface area contributed by atoms with Crippen LogP contribution in [0.1, 0.15) is 21.0 Å². The summed E-state index contributed by atoms with van der Waals surface area (Å²) in [5.74, 6) is -1.66. The van der Waals surface area contributed by atoms with E-state index in [-0.39, 0.29) is 17.4 Å². The fourth-order valence-corrected chi connectivity index (χ4v) is 2.15. The molecule has 1 aliphatic rings. The molecule has 2 N–H and O–H groups in total. The molecule has 1 aliphatic heterocycles. The fraction of sp³-hybridized carbons (Fsp3) is 0.500. The molecule has 0 bridgehead atoms. The van der Waals surface area contributed by atoms with E-state index in [0.717, 1.165) is 0 Å². The molecule has 1 saturated heterocycles. The number of piperazine rings is 1. The standard InChI is InChI=1S/C12H17N5O4/c1-15(2)12(21)17-5-3-16(4-6-17)10(18)8-9(11(19)20)14-7-13-8/h7H,3-6H2,1-2H3,(H,13,14)(H,19,20). The molecule has 1 aromatic rings. The van der Waals surface area contributed by atoms with E-state index in [4.69, 9.17) is 5.11 Å². The molecule has 0 spiro atoms. The minimum Gasteiger partial charge on any atom is -0.477 e.